The summed E-state index contributed by atoms with van der Waals surface area (Å²) in [6, 6.07) is 11.5. The summed E-state index contributed by atoms with van der Waals surface area (Å²) in [7, 11) is 2.99. The van der Waals surface area contributed by atoms with Gasteiger partial charge in [0.15, 0.2) is 11.5 Å². The van der Waals surface area contributed by atoms with Gasteiger partial charge < -0.3 is 14.6 Å². The summed E-state index contributed by atoms with van der Waals surface area (Å²) in [5, 5.41) is 18.7. The van der Waals surface area contributed by atoms with Crippen molar-refractivity contribution in [2.75, 3.05) is 14.2 Å². The number of aromatic carboxylic acids is 1. The number of hydrogen-bond acceptors (Lipinski definition) is 4. The van der Waals surface area contributed by atoms with Crippen LogP contribution in [0.5, 0.6) is 11.5 Å². The van der Waals surface area contributed by atoms with Crippen LogP contribution in [0, 0.1) is 11.3 Å². The fourth-order valence-electron chi connectivity index (χ4n) is 2.16. The molecule has 0 aromatic heterocycles. The van der Waals surface area contributed by atoms with E-state index < -0.39 is 5.97 Å². The fourth-order valence-corrected chi connectivity index (χ4v) is 2.46. The van der Waals surface area contributed by atoms with Gasteiger partial charge in [-0.1, -0.05) is 23.7 Å². The van der Waals surface area contributed by atoms with Crippen LogP contribution < -0.4 is 9.47 Å². The smallest absolute Gasteiger partial charge is 0.335 e. The standard InChI is InChI=1S/C18H14ClNO4/c1-23-16-9-11(8-15(19)17(16)24-2)7-14(10-20)12-3-5-13(6-4-12)18(21)22/h3-9H,1-2H3,(H,21,22)/b14-7-. The first kappa shape index (κ1) is 17.4. The third kappa shape index (κ3) is 3.67. The summed E-state index contributed by atoms with van der Waals surface area (Å²) in [6.45, 7) is 0. The third-order valence-corrected chi connectivity index (χ3v) is 3.61. The van der Waals surface area contributed by atoms with Gasteiger partial charge in [0.1, 0.15) is 0 Å². The second-order valence-electron chi connectivity index (χ2n) is 4.79. The van der Waals surface area contributed by atoms with Crippen LogP contribution in [0.15, 0.2) is 36.4 Å². The third-order valence-electron chi connectivity index (χ3n) is 3.33. The maximum atomic E-state index is 10.9. The molecule has 2 aromatic rings. The molecule has 0 atom stereocenters. The number of benzene rings is 2. The van der Waals surface area contributed by atoms with Crippen molar-refractivity contribution in [1.29, 1.82) is 5.26 Å². The Bertz CT molecular complexity index is 835. The van der Waals surface area contributed by atoms with E-state index in [4.69, 9.17) is 26.2 Å². The summed E-state index contributed by atoms with van der Waals surface area (Å²) in [5.41, 5.74) is 1.80. The van der Waals surface area contributed by atoms with Crippen molar-refractivity contribution in [3.05, 3.63) is 58.1 Å². The first-order chi connectivity index (χ1) is 11.5. The number of allylic oxidation sites excluding steroid dienone is 1. The molecule has 0 bridgehead atoms. The number of carboxylic acids is 1. The lowest BCUT2D eigenvalue weighted by atomic mass is 10.0. The van der Waals surface area contributed by atoms with Crippen molar-refractivity contribution in [3.63, 3.8) is 0 Å². The van der Waals surface area contributed by atoms with E-state index in [-0.39, 0.29) is 5.56 Å². The Labute approximate surface area is 144 Å². The highest BCUT2D eigenvalue weighted by Gasteiger charge is 2.11. The van der Waals surface area contributed by atoms with Gasteiger partial charge in [0.2, 0.25) is 0 Å². The molecule has 0 heterocycles. The Kier molecular flexibility index (Phi) is 5.46. The molecule has 0 aliphatic rings. The van der Waals surface area contributed by atoms with Crippen LogP contribution >= 0.6 is 11.6 Å². The molecule has 24 heavy (non-hydrogen) atoms. The van der Waals surface area contributed by atoms with Crippen molar-refractivity contribution < 1.29 is 19.4 Å². The molecule has 2 aromatic carbocycles. The molecule has 0 amide bonds. The van der Waals surface area contributed by atoms with Crippen molar-refractivity contribution in [2.45, 2.75) is 0 Å². The van der Waals surface area contributed by atoms with Crippen LogP contribution in [0.2, 0.25) is 5.02 Å². The summed E-state index contributed by atoms with van der Waals surface area (Å²) < 4.78 is 10.4. The predicted octanol–water partition coefficient (Wildman–Crippen LogP) is 4.12. The number of ether oxygens (including phenoxy) is 2. The second-order valence-corrected chi connectivity index (χ2v) is 5.20. The SMILES string of the molecule is COc1cc(/C=C(/C#N)c2ccc(C(=O)O)cc2)cc(Cl)c1OC. The predicted molar refractivity (Wildman–Crippen MR) is 91.4 cm³/mol. The van der Waals surface area contributed by atoms with E-state index in [1.165, 1.54) is 26.4 Å². The van der Waals surface area contributed by atoms with Gasteiger partial charge in [-0.05, 0) is 41.5 Å². The quantitative estimate of drug-likeness (QED) is 0.652. The van der Waals surface area contributed by atoms with Gasteiger partial charge in [0.25, 0.3) is 0 Å². The molecule has 0 aliphatic carbocycles. The second kappa shape index (κ2) is 7.53. The highest BCUT2D eigenvalue weighted by molar-refractivity contribution is 6.32. The number of rotatable bonds is 5. The van der Waals surface area contributed by atoms with Crippen LogP contribution in [-0.2, 0) is 0 Å². The molecule has 0 unspecified atom stereocenters. The average molecular weight is 344 g/mol. The number of methoxy groups -OCH3 is 2. The Morgan fingerprint density at radius 1 is 1.17 bits per heavy atom. The zero-order chi connectivity index (χ0) is 17.7. The Morgan fingerprint density at radius 2 is 1.79 bits per heavy atom. The molecule has 0 saturated carbocycles. The van der Waals surface area contributed by atoms with Gasteiger partial charge in [-0.15, -0.1) is 0 Å². The molecule has 0 saturated heterocycles. The molecule has 0 radical (unpaired) electrons. The highest BCUT2D eigenvalue weighted by atomic mass is 35.5. The molecule has 122 valence electrons. The Hall–Kier alpha value is -2.97. The summed E-state index contributed by atoms with van der Waals surface area (Å²) >= 11 is 6.16. The molecule has 1 N–H and O–H groups in total. The first-order valence-electron chi connectivity index (χ1n) is 6.87. The van der Waals surface area contributed by atoms with Crippen LogP contribution in [0.25, 0.3) is 11.6 Å². The molecular formula is C18H14ClNO4. The minimum atomic E-state index is -1.02. The van der Waals surface area contributed by atoms with Crippen LogP contribution in [-0.4, -0.2) is 25.3 Å². The molecule has 0 spiro atoms. The van der Waals surface area contributed by atoms with Gasteiger partial charge in [0, 0.05) is 0 Å². The Morgan fingerprint density at radius 3 is 2.29 bits per heavy atom. The lowest BCUT2D eigenvalue weighted by Gasteiger charge is -2.10. The normalized spacial score (nSPS) is 10.8. The van der Waals surface area contributed by atoms with Gasteiger partial charge in [-0.25, -0.2) is 4.79 Å². The number of nitrogens with zero attached hydrogens (tertiary/aromatic N) is 1. The first-order valence-corrected chi connectivity index (χ1v) is 7.25. The van der Waals surface area contributed by atoms with E-state index in [1.54, 1.807) is 30.3 Å². The molecule has 0 fully saturated rings. The van der Waals surface area contributed by atoms with Gasteiger partial charge >= 0.3 is 5.97 Å². The van der Waals surface area contributed by atoms with Gasteiger partial charge in [-0.3, -0.25) is 0 Å². The van der Waals surface area contributed by atoms with Gasteiger partial charge in [0.05, 0.1) is 36.4 Å². The van der Waals surface area contributed by atoms with Crippen molar-refractivity contribution in [3.8, 4) is 17.6 Å². The minimum Gasteiger partial charge on any atom is -0.493 e. The number of halogens is 1. The molecular weight excluding hydrogens is 330 g/mol. The van der Waals surface area contributed by atoms with Crippen molar-refractivity contribution in [1.82, 2.24) is 0 Å². The zero-order valence-corrected chi connectivity index (χ0v) is 13.8. The molecule has 6 heteroatoms. The van der Waals surface area contributed by atoms with E-state index >= 15 is 0 Å². The molecule has 0 aliphatic heterocycles. The average Bonchev–Trinajstić information content (AvgIpc) is 2.59. The number of carbonyl (C=O) groups is 1. The van der Waals surface area contributed by atoms with E-state index in [9.17, 15) is 10.1 Å². The number of hydrogen-bond donors (Lipinski definition) is 1. The number of nitriles is 1. The van der Waals surface area contributed by atoms with E-state index in [0.29, 0.717) is 33.2 Å². The lowest BCUT2D eigenvalue weighted by molar-refractivity contribution is 0.0697. The minimum absolute atomic E-state index is 0.158. The van der Waals surface area contributed by atoms with Crippen LogP contribution in [0.4, 0.5) is 0 Å². The van der Waals surface area contributed by atoms with Gasteiger partial charge in [-0.2, -0.15) is 5.26 Å². The maximum Gasteiger partial charge on any atom is 0.335 e. The number of carboxylic acid groups (broad SMARTS) is 1. The highest BCUT2D eigenvalue weighted by Crippen LogP contribution is 2.37. The van der Waals surface area contributed by atoms with E-state index in [0.717, 1.165) is 0 Å². The molecule has 5 nitrogen and oxygen atoms in total. The van der Waals surface area contributed by atoms with E-state index in [2.05, 4.69) is 6.07 Å². The largest absolute Gasteiger partial charge is 0.493 e. The molecule has 2 rings (SSSR count). The maximum absolute atomic E-state index is 10.9. The summed E-state index contributed by atoms with van der Waals surface area (Å²) in [5.74, 6) is -0.147. The monoisotopic (exact) mass is 343 g/mol. The summed E-state index contributed by atoms with van der Waals surface area (Å²) in [4.78, 5) is 10.9. The zero-order valence-electron chi connectivity index (χ0n) is 13.0. The fraction of sp³-hybridized carbons (Fsp3) is 0.111. The topological polar surface area (TPSA) is 79.5 Å². The lowest BCUT2D eigenvalue weighted by Crippen LogP contribution is -1.95. The summed E-state index contributed by atoms with van der Waals surface area (Å²) in [6.07, 6.45) is 1.64. The van der Waals surface area contributed by atoms with Crippen molar-refractivity contribution >= 4 is 29.2 Å². The Balaban J connectivity index is 2.46. The van der Waals surface area contributed by atoms with Crippen LogP contribution in [0.3, 0.4) is 0 Å². The van der Waals surface area contributed by atoms with E-state index in [1.807, 2.05) is 0 Å². The van der Waals surface area contributed by atoms with Crippen LogP contribution in [0.1, 0.15) is 21.5 Å². The van der Waals surface area contributed by atoms with Crippen molar-refractivity contribution in [2.24, 2.45) is 0 Å².